The van der Waals surface area contributed by atoms with E-state index in [2.05, 4.69) is 44.8 Å². The van der Waals surface area contributed by atoms with Crippen molar-refractivity contribution in [3.05, 3.63) is 0 Å². The molecule has 16 heavy (non-hydrogen) atoms. The van der Waals surface area contributed by atoms with E-state index in [1.165, 1.54) is 32.5 Å². The van der Waals surface area contributed by atoms with Gasteiger partial charge in [0.15, 0.2) is 0 Å². The first kappa shape index (κ1) is 14.0. The van der Waals surface area contributed by atoms with Crippen molar-refractivity contribution in [1.29, 1.82) is 0 Å². The zero-order valence-corrected chi connectivity index (χ0v) is 11.8. The molecule has 1 aliphatic rings. The predicted octanol–water partition coefficient (Wildman–Crippen LogP) is 2.74. The van der Waals surface area contributed by atoms with Gasteiger partial charge in [0.25, 0.3) is 0 Å². The van der Waals surface area contributed by atoms with E-state index in [1.807, 2.05) is 0 Å². The second kappa shape index (κ2) is 6.02. The summed E-state index contributed by atoms with van der Waals surface area (Å²) in [5.74, 6) is 0.851. The first-order chi connectivity index (χ1) is 7.43. The highest BCUT2D eigenvalue weighted by Crippen LogP contribution is 2.22. The highest BCUT2D eigenvalue weighted by atomic mass is 15.2. The Bertz CT molecular complexity index is 195. The van der Waals surface area contributed by atoms with Gasteiger partial charge in [0.05, 0.1) is 0 Å². The van der Waals surface area contributed by atoms with Crippen LogP contribution in [0.1, 0.15) is 47.5 Å². The summed E-state index contributed by atoms with van der Waals surface area (Å²) in [7, 11) is 0. The van der Waals surface area contributed by atoms with E-state index in [-0.39, 0.29) is 0 Å². The van der Waals surface area contributed by atoms with E-state index < -0.39 is 0 Å². The van der Waals surface area contributed by atoms with Gasteiger partial charge in [-0.15, -0.1) is 0 Å². The van der Waals surface area contributed by atoms with Gasteiger partial charge in [0, 0.05) is 32.2 Å². The average Bonchev–Trinajstić information content (AvgIpc) is 2.17. The normalized spacial score (nSPS) is 25.7. The smallest absolute Gasteiger partial charge is 0.0244 e. The molecule has 1 rings (SSSR count). The molecule has 1 N–H and O–H groups in total. The van der Waals surface area contributed by atoms with Crippen molar-refractivity contribution in [3.8, 4) is 0 Å². The van der Waals surface area contributed by atoms with Crippen molar-refractivity contribution in [2.75, 3.05) is 26.2 Å². The molecule has 0 spiro atoms. The summed E-state index contributed by atoms with van der Waals surface area (Å²) >= 11 is 0. The number of nitrogens with one attached hydrogen (secondary N) is 1. The maximum absolute atomic E-state index is 3.65. The average molecular weight is 226 g/mol. The first-order valence-electron chi connectivity index (χ1n) is 6.89. The molecule has 1 aliphatic heterocycles. The van der Waals surface area contributed by atoms with Crippen LogP contribution < -0.4 is 5.32 Å². The summed E-state index contributed by atoms with van der Waals surface area (Å²) in [6.07, 6.45) is 2.68. The maximum Gasteiger partial charge on any atom is 0.0244 e. The van der Waals surface area contributed by atoms with Crippen LogP contribution in [0.4, 0.5) is 0 Å². The summed E-state index contributed by atoms with van der Waals surface area (Å²) in [4.78, 5) is 2.65. The van der Waals surface area contributed by atoms with Crippen LogP contribution in [0.25, 0.3) is 0 Å². The molecule has 2 heteroatoms. The number of rotatable bonds is 4. The molecule has 1 heterocycles. The molecule has 1 saturated heterocycles. The molecule has 0 amide bonds. The number of piperazine rings is 1. The van der Waals surface area contributed by atoms with Gasteiger partial charge < -0.3 is 10.2 Å². The minimum absolute atomic E-state index is 0.382. The quantitative estimate of drug-likeness (QED) is 0.793. The van der Waals surface area contributed by atoms with Crippen LogP contribution in [0.2, 0.25) is 0 Å². The fourth-order valence-corrected chi connectivity index (χ4v) is 2.58. The molecular formula is C14H30N2. The van der Waals surface area contributed by atoms with Crippen molar-refractivity contribution < 1.29 is 0 Å². The highest BCUT2D eigenvalue weighted by molar-refractivity contribution is 4.87. The Morgan fingerprint density at radius 1 is 1.38 bits per heavy atom. The Balaban J connectivity index is 2.39. The molecule has 0 aromatic rings. The van der Waals surface area contributed by atoms with Crippen molar-refractivity contribution in [2.45, 2.75) is 53.5 Å². The Kier molecular flexibility index (Phi) is 5.26. The number of nitrogens with zero attached hydrogens (tertiary/aromatic N) is 1. The van der Waals surface area contributed by atoms with Gasteiger partial charge in [-0.1, -0.05) is 41.0 Å². The molecule has 0 aromatic heterocycles. The van der Waals surface area contributed by atoms with E-state index in [4.69, 9.17) is 0 Å². The van der Waals surface area contributed by atoms with Crippen molar-refractivity contribution in [2.24, 2.45) is 11.3 Å². The van der Waals surface area contributed by atoms with E-state index >= 15 is 0 Å². The summed E-state index contributed by atoms with van der Waals surface area (Å²) in [5, 5.41) is 3.65. The Labute approximate surface area is 102 Å². The third-order valence-corrected chi connectivity index (χ3v) is 3.66. The highest BCUT2D eigenvalue weighted by Gasteiger charge is 2.29. The third-order valence-electron chi connectivity index (χ3n) is 3.66. The zero-order valence-electron chi connectivity index (χ0n) is 11.8. The topological polar surface area (TPSA) is 15.3 Å². The fraction of sp³-hybridized carbons (Fsp3) is 1.00. The van der Waals surface area contributed by atoms with Crippen LogP contribution in [-0.4, -0.2) is 37.1 Å². The molecule has 1 fully saturated rings. The molecule has 0 aromatic carbocycles. The maximum atomic E-state index is 3.65. The molecule has 2 nitrogen and oxygen atoms in total. The molecule has 0 radical (unpaired) electrons. The fourth-order valence-electron chi connectivity index (χ4n) is 2.58. The number of hydrogen-bond acceptors (Lipinski definition) is 2. The van der Waals surface area contributed by atoms with Crippen molar-refractivity contribution in [3.63, 3.8) is 0 Å². The van der Waals surface area contributed by atoms with Crippen LogP contribution in [0.5, 0.6) is 0 Å². The van der Waals surface area contributed by atoms with Gasteiger partial charge in [0.1, 0.15) is 0 Å². The lowest BCUT2D eigenvalue weighted by atomic mass is 9.85. The van der Waals surface area contributed by atoms with E-state index in [0.29, 0.717) is 11.5 Å². The minimum atomic E-state index is 0.382. The van der Waals surface area contributed by atoms with Gasteiger partial charge in [-0.2, -0.15) is 0 Å². The molecule has 96 valence electrons. The van der Waals surface area contributed by atoms with Gasteiger partial charge in [0.2, 0.25) is 0 Å². The molecule has 0 saturated carbocycles. The van der Waals surface area contributed by atoms with Crippen molar-refractivity contribution in [1.82, 2.24) is 10.2 Å². The number of hydrogen-bond donors (Lipinski definition) is 1. The van der Waals surface area contributed by atoms with Gasteiger partial charge in [-0.3, -0.25) is 0 Å². The van der Waals surface area contributed by atoms with E-state index in [0.717, 1.165) is 12.5 Å². The Morgan fingerprint density at radius 2 is 2.06 bits per heavy atom. The SMILES string of the molecule is CCCC(C)CN1CCNC(C(C)(C)C)C1. The summed E-state index contributed by atoms with van der Waals surface area (Å²) < 4.78 is 0. The monoisotopic (exact) mass is 226 g/mol. The van der Waals surface area contributed by atoms with Crippen LogP contribution in [0.15, 0.2) is 0 Å². The zero-order chi connectivity index (χ0) is 12.2. The lowest BCUT2D eigenvalue weighted by Gasteiger charge is -2.41. The first-order valence-corrected chi connectivity index (χ1v) is 6.89. The molecule has 2 atom stereocenters. The van der Waals surface area contributed by atoms with Crippen LogP contribution >= 0.6 is 0 Å². The summed E-state index contributed by atoms with van der Waals surface area (Å²) in [6.45, 7) is 16.6. The molecule has 0 bridgehead atoms. The standard InChI is InChI=1S/C14H30N2/c1-6-7-12(2)10-16-9-8-15-13(11-16)14(3,4)5/h12-13,15H,6-11H2,1-5H3. The predicted molar refractivity (Wildman–Crippen MR) is 71.8 cm³/mol. The second-order valence-corrected chi connectivity index (χ2v) is 6.53. The molecular weight excluding hydrogens is 196 g/mol. The minimum Gasteiger partial charge on any atom is -0.311 e. The second-order valence-electron chi connectivity index (χ2n) is 6.53. The molecule has 2 unspecified atom stereocenters. The third kappa shape index (κ3) is 4.42. The van der Waals surface area contributed by atoms with Crippen LogP contribution in [-0.2, 0) is 0 Å². The lowest BCUT2D eigenvalue weighted by molar-refractivity contribution is 0.120. The van der Waals surface area contributed by atoms with Crippen LogP contribution in [0, 0.1) is 11.3 Å². The Hall–Kier alpha value is -0.0800. The van der Waals surface area contributed by atoms with Crippen molar-refractivity contribution >= 4 is 0 Å². The lowest BCUT2D eigenvalue weighted by Crippen LogP contribution is -2.56. The van der Waals surface area contributed by atoms with Gasteiger partial charge in [-0.25, -0.2) is 0 Å². The van der Waals surface area contributed by atoms with Crippen LogP contribution in [0.3, 0.4) is 0 Å². The van der Waals surface area contributed by atoms with Gasteiger partial charge >= 0.3 is 0 Å². The Morgan fingerprint density at radius 3 is 2.62 bits per heavy atom. The summed E-state index contributed by atoms with van der Waals surface area (Å²) in [6, 6.07) is 0.648. The summed E-state index contributed by atoms with van der Waals surface area (Å²) in [5.41, 5.74) is 0.382. The van der Waals surface area contributed by atoms with E-state index in [1.54, 1.807) is 0 Å². The van der Waals surface area contributed by atoms with E-state index in [9.17, 15) is 0 Å². The molecule has 0 aliphatic carbocycles. The van der Waals surface area contributed by atoms with Gasteiger partial charge in [-0.05, 0) is 17.8 Å². The largest absolute Gasteiger partial charge is 0.311 e.